The zero-order valence-electron chi connectivity index (χ0n) is 24.6. The molecule has 0 heterocycles. The van der Waals surface area contributed by atoms with E-state index in [0.717, 1.165) is 17.5 Å². The Morgan fingerprint density at radius 2 is 1.17 bits per heavy atom. The van der Waals surface area contributed by atoms with Crippen LogP contribution in [0.1, 0.15) is 38.9 Å². The average Bonchev–Trinajstić information content (AvgIpc) is 3.66. The minimum atomic E-state index is -0.602. The van der Waals surface area contributed by atoms with E-state index in [0.29, 0.717) is 23.0 Å². The maximum atomic E-state index is 5.87. The van der Waals surface area contributed by atoms with Crippen molar-refractivity contribution in [3.05, 3.63) is 130 Å². The molecule has 0 bridgehead atoms. The number of rotatable bonds is 8. The van der Waals surface area contributed by atoms with Crippen molar-refractivity contribution in [1.82, 2.24) is 0 Å². The van der Waals surface area contributed by atoms with Gasteiger partial charge in [0.1, 0.15) is 0 Å². The van der Waals surface area contributed by atoms with Gasteiger partial charge in [-0.15, -0.1) is 0 Å². The summed E-state index contributed by atoms with van der Waals surface area (Å²) in [7, 11) is 6.74. The fourth-order valence-electron chi connectivity index (χ4n) is 6.96. The molecule has 6 rings (SSSR count). The van der Waals surface area contributed by atoms with Crippen LogP contribution in [0.15, 0.2) is 91.0 Å². The van der Waals surface area contributed by atoms with Crippen molar-refractivity contribution < 1.29 is 18.9 Å². The van der Waals surface area contributed by atoms with Crippen LogP contribution in [0.2, 0.25) is 0 Å². The summed E-state index contributed by atoms with van der Waals surface area (Å²) in [6.45, 7) is 4.41. The van der Waals surface area contributed by atoms with Crippen LogP contribution in [0, 0.1) is 19.8 Å². The summed E-state index contributed by atoms with van der Waals surface area (Å²) in [5.41, 5.74) is 10.8. The van der Waals surface area contributed by atoms with Crippen molar-refractivity contribution in [3.63, 3.8) is 0 Å². The fourth-order valence-corrected chi connectivity index (χ4v) is 6.96. The summed E-state index contributed by atoms with van der Waals surface area (Å²) in [5.74, 6) is 2.84. The number of ether oxygens (including phenoxy) is 4. The third-order valence-electron chi connectivity index (χ3n) is 8.76. The van der Waals surface area contributed by atoms with Crippen LogP contribution in [0.5, 0.6) is 23.0 Å². The van der Waals surface area contributed by atoms with Gasteiger partial charge in [-0.05, 0) is 89.0 Å². The normalized spacial score (nSPS) is 13.7. The smallest absolute Gasteiger partial charge is 0.161 e. The molecule has 0 fully saturated rings. The van der Waals surface area contributed by atoms with Crippen LogP contribution in [0.4, 0.5) is 0 Å². The molecule has 0 saturated heterocycles. The lowest BCUT2D eigenvalue weighted by atomic mass is 9.59. The van der Waals surface area contributed by atoms with Crippen molar-refractivity contribution in [2.75, 3.05) is 28.4 Å². The van der Waals surface area contributed by atoms with Crippen LogP contribution >= 0.6 is 0 Å². The Bertz CT molecular complexity index is 1630. The zero-order valence-corrected chi connectivity index (χ0v) is 24.6. The van der Waals surface area contributed by atoms with Gasteiger partial charge >= 0.3 is 0 Å². The van der Waals surface area contributed by atoms with Gasteiger partial charge in [0.2, 0.25) is 0 Å². The second kappa shape index (κ2) is 10.5. The Morgan fingerprint density at radius 3 is 1.73 bits per heavy atom. The van der Waals surface area contributed by atoms with E-state index in [1.807, 2.05) is 12.1 Å². The van der Waals surface area contributed by atoms with Gasteiger partial charge in [-0.25, -0.2) is 0 Å². The number of aryl methyl sites for hydroxylation is 2. The third-order valence-corrected chi connectivity index (χ3v) is 8.76. The molecule has 4 aromatic carbocycles. The molecular weight excluding hydrogens is 508 g/mol. The number of methoxy groups -OCH3 is 4. The molecule has 0 saturated carbocycles. The Balaban J connectivity index is 1.75. The lowest BCUT2D eigenvalue weighted by Gasteiger charge is -2.42. The van der Waals surface area contributed by atoms with E-state index in [2.05, 4.69) is 92.7 Å². The fraction of sp³-hybridized carbons (Fsp3) is 0.243. The molecule has 4 heteroatoms. The third kappa shape index (κ3) is 4.12. The Hall–Kier alpha value is -4.44. The molecule has 0 atom stereocenters. The zero-order chi connectivity index (χ0) is 28.7. The van der Waals surface area contributed by atoms with Gasteiger partial charge in [0.05, 0.1) is 33.9 Å². The van der Waals surface area contributed by atoms with Gasteiger partial charge in [-0.1, -0.05) is 72.3 Å². The second-order valence-corrected chi connectivity index (χ2v) is 10.9. The molecule has 4 aromatic rings. The van der Waals surface area contributed by atoms with Crippen LogP contribution in [-0.4, -0.2) is 28.4 Å². The highest BCUT2D eigenvalue weighted by atomic mass is 16.5. The number of fused-ring (bicyclic) bond motifs is 3. The van der Waals surface area contributed by atoms with Gasteiger partial charge < -0.3 is 18.9 Å². The summed E-state index contributed by atoms with van der Waals surface area (Å²) >= 11 is 0. The van der Waals surface area contributed by atoms with Crippen LogP contribution in [0.25, 0.3) is 11.1 Å². The highest BCUT2D eigenvalue weighted by molar-refractivity contribution is 5.81. The maximum absolute atomic E-state index is 5.87. The molecular formula is C37H36O4. The first-order chi connectivity index (χ1) is 20.0. The number of allylic oxidation sites excluding steroid dienone is 4. The minimum absolute atomic E-state index is 0.0364. The molecule has 2 aliphatic carbocycles. The standard InChI is InChI=1S/C37H36O4/c1-23-11-15-29-25(19-23)20-31-30(29)16-12-24(2)36(31)37(26-9-7-8-10-26,27-13-17-32(38-3)34(21-27)40-5)28-14-18-33(39-4)35(22-28)41-6/h7-19,21-22,26H,20H2,1-6H3. The van der Waals surface area contributed by atoms with Gasteiger partial charge in [-0.2, -0.15) is 0 Å². The van der Waals surface area contributed by atoms with Crippen molar-refractivity contribution in [2.24, 2.45) is 5.92 Å². The summed E-state index contributed by atoms with van der Waals surface area (Å²) in [5, 5.41) is 0. The molecule has 4 nitrogen and oxygen atoms in total. The lowest BCUT2D eigenvalue weighted by Crippen LogP contribution is -2.38. The molecule has 0 radical (unpaired) electrons. The first-order valence-corrected chi connectivity index (χ1v) is 14.0. The summed E-state index contributed by atoms with van der Waals surface area (Å²) in [4.78, 5) is 0. The Kier molecular flexibility index (Phi) is 6.86. The van der Waals surface area contributed by atoms with E-state index in [1.165, 1.54) is 38.9 Å². The minimum Gasteiger partial charge on any atom is -0.493 e. The maximum Gasteiger partial charge on any atom is 0.161 e. The predicted molar refractivity (Wildman–Crippen MR) is 165 cm³/mol. The monoisotopic (exact) mass is 544 g/mol. The van der Waals surface area contributed by atoms with E-state index in [9.17, 15) is 0 Å². The van der Waals surface area contributed by atoms with E-state index in [-0.39, 0.29) is 5.92 Å². The number of benzene rings is 4. The first kappa shape index (κ1) is 26.8. The highest BCUT2D eigenvalue weighted by Gasteiger charge is 2.46. The highest BCUT2D eigenvalue weighted by Crippen LogP contribution is 2.55. The average molecular weight is 545 g/mol. The predicted octanol–water partition coefficient (Wildman–Crippen LogP) is 7.99. The number of hydrogen-bond acceptors (Lipinski definition) is 4. The number of hydrogen-bond donors (Lipinski definition) is 0. The van der Waals surface area contributed by atoms with Gasteiger partial charge in [0.25, 0.3) is 0 Å². The van der Waals surface area contributed by atoms with Crippen molar-refractivity contribution in [2.45, 2.75) is 25.7 Å². The Morgan fingerprint density at radius 1 is 0.610 bits per heavy atom. The van der Waals surface area contributed by atoms with Gasteiger partial charge in [0.15, 0.2) is 23.0 Å². The van der Waals surface area contributed by atoms with E-state index in [1.54, 1.807) is 28.4 Å². The van der Waals surface area contributed by atoms with Crippen LogP contribution in [0.3, 0.4) is 0 Å². The summed E-state index contributed by atoms with van der Waals surface area (Å²) < 4.78 is 23.1. The Labute approximate surface area is 242 Å². The molecule has 0 N–H and O–H groups in total. The second-order valence-electron chi connectivity index (χ2n) is 10.9. The lowest BCUT2D eigenvalue weighted by molar-refractivity contribution is 0.351. The van der Waals surface area contributed by atoms with Gasteiger partial charge in [0, 0.05) is 5.92 Å². The molecule has 0 amide bonds. The largest absolute Gasteiger partial charge is 0.493 e. The molecule has 208 valence electrons. The van der Waals surface area contributed by atoms with Gasteiger partial charge in [-0.3, -0.25) is 0 Å². The quantitative estimate of drug-likeness (QED) is 0.186. The molecule has 0 spiro atoms. The van der Waals surface area contributed by atoms with Crippen LogP contribution in [-0.2, 0) is 11.8 Å². The van der Waals surface area contributed by atoms with Crippen molar-refractivity contribution >= 4 is 0 Å². The topological polar surface area (TPSA) is 36.9 Å². The summed E-state index contributed by atoms with van der Waals surface area (Å²) in [6.07, 6.45) is 9.79. The summed E-state index contributed by atoms with van der Waals surface area (Å²) in [6, 6.07) is 24.1. The van der Waals surface area contributed by atoms with E-state index < -0.39 is 5.41 Å². The van der Waals surface area contributed by atoms with E-state index >= 15 is 0 Å². The molecule has 41 heavy (non-hydrogen) atoms. The van der Waals surface area contributed by atoms with E-state index in [4.69, 9.17) is 18.9 Å². The molecule has 0 unspecified atom stereocenters. The van der Waals surface area contributed by atoms with Crippen molar-refractivity contribution in [1.29, 1.82) is 0 Å². The molecule has 0 aliphatic heterocycles. The SMILES string of the molecule is COc1ccc(C(c2ccc(OC)c(OC)c2)(c2c(C)ccc3c2Cc2cc(C)ccc2-3)C2C=CC=C2)cc1OC. The first-order valence-electron chi connectivity index (χ1n) is 14.0. The molecule has 2 aliphatic rings. The van der Waals surface area contributed by atoms with Crippen molar-refractivity contribution in [3.8, 4) is 34.1 Å². The van der Waals surface area contributed by atoms with Crippen LogP contribution < -0.4 is 18.9 Å². The molecule has 0 aromatic heterocycles.